The fraction of sp³-hybridized carbons (Fsp3) is 0.235. The molecule has 0 saturated heterocycles. The van der Waals surface area contributed by atoms with Crippen molar-refractivity contribution in [3.63, 3.8) is 0 Å². The highest BCUT2D eigenvalue weighted by Gasteiger charge is 2.21. The minimum absolute atomic E-state index is 0.0193. The van der Waals surface area contributed by atoms with Crippen LogP contribution in [0.15, 0.2) is 40.8 Å². The van der Waals surface area contributed by atoms with E-state index in [0.717, 1.165) is 21.9 Å². The Bertz CT molecular complexity index is 813. The maximum atomic E-state index is 7.35. The normalized spacial score (nSPS) is 11.9. The summed E-state index contributed by atoms with van der Waals surface area (Å²) in [6, 6.07) is 11.8. The first kappa shape index (κ1) is 11.8. The third-order valence-electron chi connectivity index (χ3n) is 3.43. The molecule has 2 aromatic carbocycles. The molecular weight excluding hydrogens is 234 g/mol. The van der Waals surface area contributed by atoms with Crippen molar-refractivity contribution in [2.75, 3.05) is 0 Å². The smallest absolute Gasteiger partial charge is 0.198 e. The maximum absolute atomic E-state index is 7.35. The monoisotopic (exact) mass is 249 g/mol. The Morgan fingerprint density at radius 1 is 0.947 bits per heavy atom. The molecule has 3 rings (SSSR count). The molecule has 1 heterocycles. The quantitative estimate of drug-likeness (QED) is 0.485. The predicted molar refractivity (Wildman–Crippen MR) is 78.7 cm³/mol. The lowest BCUT2D eigenvalue weighted by atomic mass is 9.84. The first-order valence-corrected chi connectivity index (χ1v) is 6.34. The largest absolute Gasteiger partial charge is 0.457 e. The lowest BCUT2D eigenvalue weighted by molar-refractivity contribution is 0.594. The fourth-order valence-electron chi connectivity index (χ4n) is 2.57. The zero-order chi connectivity index (χ0) is 13.6. The Hall–Kier alpha value is -2.27. The van der Waals surface area contributed by atoms with Gasteiger partial charge in [0.25, 0.3) is 0 Å². The molecule has 0 saturated carbocycles. The highest BCUT2D eigenvalue weighted by molar-refractivity contribution is 6.13. The third kappa shape index (κ3) is 1.70. The van der Waals surface area contributed by atoms with Crippen LogP contribution in [-0.4, -0.2) is 0 Å². The molecule has 3 aromatic rings. The van der Waals surface area contributed by atoms with E-state index in [4.69, 9.17) is 11.0 Å². The van der Waals surface area contributed by atoms with Gasteiger partial charge in [-0.05, 0) is 23.1 Å². The van der Waals surface area contributed by atoms with E-state index in [-0.39, 0.29) is 5.41 Å². The first-order valence-electron chi connectivity index (χ1n) is 6.34. The molecule has 0 fully saturated rings. The van der Waals surface area contributed by atoms with Gasteiger partial charge in [0.2, 0.25) is 0 Å². The van der Waals surface area contributed by atoms with E-state index < -0.39 is 0 Å². The number of hydrogen-bond acceptors (Lipinski definition) is 1. The van der Waals surface area contributed by atoms with Crippen LogP contribution in [0.1, 0.15) is 26.3 Å². The highest BCUT2D eigenvalue weighted by atomic mass is 16.3. The summed E-state index contributed by atoms with van der Waals surface area (Å²) in [5.74, 6) is 0. The van der Waals surface area contributed by atoms with E-state index in [2.05, 4.69) is 31.7 Å². The second kappa shape index (κ2) is 3.86. The van der Waals surface area contributed by atoms with Gasteiger partial charge in [-0.15, -0.1) is 0 Å². The molecule has 2 heteroatoms. The van der Waals surface area contributed by atoms with Crippen LogP contribution < -0.4 is 0 Å². The second-order valence-corrected chi connectivity index (χ2v) is 5.79. The molecule has 0 aliphatic heterocycles. The topological polar surface area (TPSA) is 17.5 Å². The summed E-state index contributed by atoms with van der Waals surface area (Å²) < 4.78 is 5.89. The van der Waals surface area contributed by atoms with E-state index in [0.29, 0.717) is 5.69 Å². The summed E-state index contributed by atoms with van der Waals surface area (Å²) in [7, 11) is 0. The van der Waals surface area contributed by atoms with Crippen molar-refractivity contribution in [2.24, 2.45) is 0 Å². The van der Waals surface area contributed by atoms with Crippen LogP contribution in [0.4, 0.5) is 5.69 Å². The van der Waals surface area contributed by atoms with Crippen LogP contribution >= 0.6 is 0 Å². The Balaban J connectivity index is 2.59. The lowest BCUT2D eigenvalue weighted by Gasteiger charge is -2.20. The molecule has 1 aromatic heterocycles. The van der Waals surface area contributed by atoms with Crippen LogP contribution in [0.3, 0.4) is 0 Å². The van der Waals surface area contributed by atoms with E-state index >= 15 is 0 Å². The molecule has 19 heavy (non-hydrogen) atoms. The third-order valence-corrected chi connectivity index (χ3v) is 3.43. The molecule has 0 atom stereocenters. The van der Waals surface area contributed by atoms with Gasteiger partial charge in [-0.25, -0.2) is 4.85 Å². The Kier molecular flexibility index (Phi) is 2.40. The van der Waals surface area contributed by atoms with Crippen molar-refractivity contribution < 1.29 is 4.42 Å². The zero-order valence-corrected chi connectivity index (χ0v) is 11.3. The summed E-state index contributed by atoms with van der Waals surface area (Å²) in [6.45, 7) is 13.9. The summed E-state index contributed by atoms with van der Waals surface area (Å²) in [5, 5.41) is 2.02. The van der Waals surface area contributed by atoms with Crippen molar-refractivity contribution in [1.82, 2.24) is 0 Å². The van der Waals surface area contributed by atoms with Crippen molar-refractivity contribution in [3.05, 3.63) is 53.4 Å². The van der Waals surface area contributed by atoms with Crippen LogP contribution in [0.2, 0.25) is 0 Å². The Morgan fingerprint density at radius 2 is 1.58 bits per heavy atom. The van der Waals surface area contributed by atoms with Crippen LogP contribution in [-0.2, 0) is 5.41 Å². The van der Waals surface area contributed by atoms with Gasteiger partial charge in [0, 0.05) is 10.8 Å². The molecule has 0 spiro atoms. The van der Waals surface area contributed by atoms with E-state index in [9.17, 15) is 0 Å². The van der Waals surface area contributed by atoms with Crippen LogP contribution in [0.5, 0.6) is 0 Å². The van der Waals surface area contributed by atoms with Crippen molar-refractivity contribution in [3.8, 4) is 0 Å². The molecule has 0 radical (unpaired) electrons. The molecular formula is C17H15NO. The first-order chi connectivity index (χ1) is 9.02. The Morgan fingerprint density at radius 3 is 2.21 bits per heavy atom. The molecule has 94 valence electrons. The molecule has 0 amide bonds. The SMILES string of the molecule is [C-]#[N+]c1cccc2oc3cccc(C(C)(C)C)c3c12. The molecule has 0 unspecified atom stereocenters. The lowest BCUT2D eigenvalue weighted by Crippen LogP contribution is -2.11. The van der Waals surface area contributed by atoms with Crippen molar-refractivity contribution >= 4 is 27.6 Å². The number of furan rings is 1. The van der Waals surface area contributed by atoms with Crippen LogP contribution in [0.25, 0.3) is 26.8 Å². The van der Waals surface area contributed by atoms with Crippen LogP contribution in [0, 0.1) is 6.57 Å². The van der Waals surface area contributed by atoms with Crippen molar-refractivity contribution in [1.29, 1.82) is 0 Å². The average Bonchev–Trinajstić information content (AvgIpc) is 2.75. The van der Waals surface area contributed by atoms with Gasteiger partial charge < -0.3 is 4.42 Å². The van der Waals surface area contributed by atoms with E-state index in [1.807, 2.05) is 30.3 Å². The number of hydrogen-bond donors (Lipinski definition) is 0. The fourth-order valence-corrected chi connectivity index (χ4v) is 2.57. The number of benzene rings is 2. The maximum Gasteiger partial charge on any atom is 0.198 e. The van der Waals surface area contributed by atoms with Crippen molar-refractivity contribution in [2.45, 2.75) is 26.2 Å². The second-order valence-electron chi connectivity index (χ2n) is 5.79. The van der Waals surface area contributed by atoms with Gasteiger partial charge in [0.1, 0.15) is 11.2 Å². The standard InChI is InChI=1S/C17H15NO/c1-17(2,3)11-7-5-9-13-15(11)16-12(18-4)8-6-10-14(16)19-13/h5-10H,1-3H3. The van der Waals surface area contributed by atoms with E-state index in [1.54, 1.807) is 0 Å². The predicted octanol–water partition coefficient (Wildman–Crippen LogP) is 5.43. The summed E-state index contributed by atoms with van der Waals surface area (Å²) in [5.41, 5.74) is 3.55. The van der Waals surface area contributed by atoms with Gasteiger partial charge in [-0.3, -0.25) is 0 Å². The molecule has 0 aliphatic carbocycles. The zero-order valence-electron chi connectivity index (χ0n) is 11.3. The minimum atomic E-state index is 0.0193. The molecule has 0 N–H and O–H groups in total. The number of nitrogens with zero attached hydrogens (tertiary/aromatic N) is 1. The Labute approximate surface area is 112 Å². The summed E-state index contributed by atoms with van der Waals surface area (Å²) >= 11 is 0. The molecule has 0 bridgehead atoms. The number of rotatable bonds is 0. The van der Waals surface area contributed by atoms with Gasteiger partial charge >= 0.3 is 0 Å². The van der Waals surface area contributed by atoms with Gasteiger partial charge in [0.05, 0.1) is 6.57 Å². The summed E-state index contributed by atoms with van der Waals surface area (Å²) in [6.07, 6.45) is 0. The van der Waals surface area contributed by atoms with E-state index in [1.165, 1.54) is 5.56 Å². The van der Waals surface area contributed by atoms with Gasteiger partial charge in [-0.2, -0.15) is 0 Å². The minimum Gasteiger partial charge on any atom is -0.457 e. The number of fused-ring (bicyclic) bond motifs is 3. The van der Waals surface area contributed by atoms with Gasteiger partial charge in [0.15, 0.2) is 5.69 Å². The molecule has 2 nitrogen and oxygen atoms in total. The average molecular weight is 249 g/mol. The van der Waals surface area contributed by atoms with Gasteiger partial charge in [-0.1, -0.05) is 45.0 Å². The molecule has 0 aliphatic rings. The summed E-state index contributed by atoms with van der Waals surface area (Å²) in [4.78, 5) is 3.63. The highest BCUT2D eigenvalue weighted by Crippen LogP contribution is 2.40.